The van der Waals surface area contributed by atoms with E-state index in [1.54, 1.807) is 0 Å². The minimum absolute atomic E-state index is 0.0219. The highest BCUT2D eigenvalue weighted by Crippen LogP contribution is 2.44. The van der Waals surface area contributed by atoms with E-state index in [1.807, 2.05) is 54.6 Å². The lowest BCUT2D eigenvalue weighted by Gasteiger charge is -2.18. The molecule has 0 saturated heterocycles. The second-order valence-corrected chi connectivity index (χ2v) is 8.17. The van der Waals surface area contributed by atoms with Gasteiger partial charge in [-0.15, -0.1) is 0 Å². The van der Waals surface area contributed by atoms with E-state index >= 15 is 0 Å². The molecule has 0 heterocycles. The quantitative estimate of drug-likeness (QED) is 0.185. The van der Waals surface area contributed by atoms with Crippen molar-refractivity contribution in [3.63, 3.8) is 0 Å². The second kappa shape index (κ2) is 7.57. The van der Waals surface area contributed by atoms with Crippen LogP contribution in [0.25, 0.3) is 65.3 Å². The topological polar surface area (TPSA) is 0 Å². The molecule has 0 spiro atoms. The van der Waals surface area contributed by atoms with Crippen molar-refractivity contribution in [3.05, 3.63) is 133 Å². The SMILES string of the molecule is [2H]c1cc([2H])c(-c2c3cc([2H])c([2H])c([2H])c3c(-c3ccc4ccc5ccccc5c4c3)c3c([2H])c([2H])c([2H])c([2H])c23)c([2H])c1. The summed E-state index contributed by atoms with van der Waals surface area (Å²) >= 11 is 0. The molecule has 34 heavy (non-hydrogen) atoms. The first-order valence-corrected chi connectivity index (χ1v) is 11.0. The summed E-state index contributed by atoms with van der Waals surface area (Å²) in [6.07, 6.45) is 0. The summed E-state index contributed by atoms with van der Waals surface area (Å²) in [5.74, 6) is 0. The molecule has 0 amide bonds. The standard InChI is InChI=1S/C34H22/c1-2-11-25(12-3-1)33-28-14-6-8-16-30(28)34(31-17-9-7-15-29(31)33)26-21-20-24-19-18-23-10-4-5-13-27(23)32(24)22-26/h1-22H/i1D,6D,7D,8D,9D,11D,12D,14D,16D,17D. The van der Waals surface area contributed by atoms with Gasteiger partial charge >= 0.3 is 0 Å². The van der Waals surface area contributed by atoms with E-state index in [0.717, 1.165) is 21.5 Å². The normalized spacial score (nSPS) is 15.6. The van der Waals surface area contributed by atoms with Gasteiger partial charge in [0.25, 0.3) is 0 Å². The number of rotatable bonds is 2. The van der Waals surface area contributed by atoms with Crippen molar-refractivity contribution in [2.45, 2.75) is 0 Å². The molecule has 0 N–H and O–H groups in total. The van der Waals surface area contributed by atoms with Gasteiger partial charge in [0, 0.05) is 0 Å². The third-order valence-electron chi connectivity index (χ3n) is 6.34. The average molecular weight is 441 g/mol. The van der Waals surface area contributed by atoms with E-state index in [0.29, 0.717) is 11.1 Å². The van der Waals surface area contributed by atoms with Gasteiger partial charge in [-0.3, -0.25) is 0 Å². The summed E-state index contributed by atoms with van der Waals surface area (Å²) < 4.78 is 86.9. The maximum atomic E-state index is 9.09. The Morgan fingerprint density at radius 3 is 1.79 bits per heavy atom. The average Bonchev–Trinajstić information content (AvgIpc) is 3.00. The Morgan fingerprint density at radius 1 is 0.382 bits per heavy atom. The van der Waals surface area contributed by atoms with Gasteiger partial charge in [-0.1, -0.05) is 127 Å². The fourth-order valence-corrected chi connectivity index (χ4v) is 4.85. The van der Waals surface area contributed by atoms with Crippen LogP contribution in [0.2, 0.25) is 0 Å². The Morgan fingerprint density at radius 2 is 1.00 bits per heavy atom. The van der Waals surface area contributed by atoms with Crippen molar-refractivity contribution in [1.29, 1.82) is 0 Å². The van der Waals surface area contributed by atoms with Crippen LogP contribution in [-0.4, -0.2) is 0 Å². The second-order valence-electron chi connectivity index (χ2n) is 8.17. The van der Waals surface area contributed by atoms with E-state index in [2.05, 4.69) is 0 Å². The lowest BCUT2D eigenvalue weighted by Crippen LogP contribution is -1.91. The molecule has 7 aromatic rings. The predicted molar refractivity (Wildman–Crippen MR) is 147 cm³/mol. The van der Waals surface area contributed by atoms with Crippen LogP contribution < -0.4 is 0 Å². The van der Waals surface area contributed by atoms with Crippen molar-refractivity contribution >= 4 is 43.1 Å². The molecule has 0 radical (unpaired) electrons. The Hall–Kier alpha value is -4.42. The lowest BCUT2D eigenvalue weighted by atomic mass is 9.85. The van der Waals surface area contributed by atoms with E-state index in [-0.39, 0.29) is 81.0 Å². The molecule has 0 saturated carbocycles. The van der Waals surface area contributed by atoms with E-state index in [4.69, 9.17) is 13.7 Å². The molecule has 0 bridgehead atoms. The molecule has 0 heteroatoms. The summed E-state index contributed by atoms with van der Waals surface area (Å²) in [6, 6.07) is 18.4. The minimum atomic E-state index is -0.497. The molecule has 0 aromatic heterocycles. The third kappa shape index (κ3) is 2.86. The molecule has 0 fully saturated rings. The Kier molecular flexibility index (Phi) is 2.59. The van der Waals surface area contributed by atoms with Gasteiger partial charge in [-0.05, 0) is 71.4 Å². The van der Waals surface area contributed by atoms with Crippen LogP contribution in [-0.2, 0) is 0 Å². The zero-order valence-electron chi connectivity index (χ0n) is 27.9. The Bertz CT molecular complexity index is 2370. The fraction of sp³-hybridized carbons (Fsp3) is 0. The fourth-order valence-electron chi connectivity index (χ4n) is 4.85. The maximum Gasteiger partial charge on any atom is 0.0629 e. The van der Waals surface area contributed by atoms with Crippen LogP contribution in [0.15, 0.2) is 133 Å². The smallest absolute Gasteiger partial charge is 0.0622 e. The van der Waals surface area contributed by atoms with Crippen LogP contribution in [0.3, 0.4) is 0 Å². The Labute approximate surface area is 212 Å². The van der Waals surface area contributed by atoms with Crippen LogP contribution in [0.4, 0.5) is 0 Å². The molecule has 7 rings (SSSR count). The van der Waals surface area contributed by atoms with Crippen LogP contribution in [0.1, 0.15) is 13.7 Å². The first kappa shape index (κ1) is 11.6. The molecular weight excluding hydrogens is 408 g/mol. The van der Waals surface area contributed by atoms with Crippen molar-refractivity contribution in [3.8, 4) is 22.3 Å². The van der Waals surface area contributed by atoms with E-state index < -0.39 is 12.1 Å². The molecule has 0 nitrogen and oxygen atoms in total. The number of hydrogen-bond acceptors (Lipinski definition) is 0. The highest BCUT2D eigenvalue weighted by atomic mass is 14.2. The number of fused-ring (bicyclic) bond motifs is 5. The summed E-state index contributed by atoms with van der Waals surface area (Å²) in [6.45, 7) is 0. The molecule has 0 atom stereocenters. The predicted octanol–water partition coefficient (Wildman–Crippen LogP) is 9.63. The van der Waals surface area contributed by atoms with Crippen LogP contribution in [0.5, 0.6) is 0 Å². The van der Waals surface area contributed by atoms with Crippen molar-refractivity contribution in [2.24, 2.45) is 0 Å². The minimum Gasteiger partial charge on any atom is -0.0622 e. The molecule has 0 aliphatic carbocycles. The third-order valence-corrected chi connectivity index (χ3v) is 6.34. The van der Waals surface area contributed by atoms with E-state index in [9.17, 15) is 0 Å². The number of hydrogen-bond donors (Lipinski definition) is 0. The van der Waals surface area contributed by atoms with E-state index in [1.165, 1.54) is 18.2 Å². The first-order chi connectivity index (χ1) is 21.0. The monoisotopic (exact) mass is 440 g/mol. The summed E-state index contributed by atoms with van der Waals surface area (Å²) in [5, 5.41) is 4.40. The zero-order chi connectivity index (χ0) is 31.2. The van der Waals surface area contributed by atoms with Crippen molar-refractivity contribution in [2.75, 3.05) is 0 Å². The first-order valence-electron chi connectivity index (χ1n) is 16.0. The molecule has 0 aliphatic heterocycles. The molecule has 0 aliphatic rings. The van der Waals surface area contributed by atoms with Gasteiger partial charge in [0.2, 0.25) is 0 Å². The van der Waals surface area contributed by atoms with Crippen LogP contribution >= 0.6 is 0 Å². The lowest BCUT2D eigenvalue weighted by molar-refractivity contribution is 1.66. The van der Waals surface area contributed by atoms with Gasteiger partial charge < -0.3 is 0 Å². The van der Waals surface area contributed by atoms with Gasteiger partial charge in [0.05, 0.1) is 13.7 Å². The van der Waals surface area contributed by atoms with Gasteiger partial charge in [0.15, 0.2) is 0 Å². The molecule has 158 valence electrons. The van der Waals surface area contributed by atoms with Gasteiger partial charge in [-0.25, -0.2) is 0 Å². The number of benzene rings is 7. The molecular formula is C34H22. The van der Waals surface area contributed by atoms with Gasteiger partial charge in [-0.2, -0.15) is 0 Å². The van der Waals surface area contributed by atoms with Crippen molar-refractivity contribution in [1.82, 2.24) is 0 Å². The summed E-state index contributed by atoms with van der Waals surface area (Å²) in [7, 11) is 0. The maximum absolute atomic E-state index is 9.09. The van der Waals surface area contributed by atoms with Crippen LogP contribution in [0, 0.1) is 0 Å². The Balaban J connectivity index is 1.80. The largest absolute Gasteiger partial charge is 0.0629 e. The summed E-state index contributed by atoms with van der Waals surface area (Å²) in [4.78, 5) is 0. The summed E-state index contributed by atoms with van der Waals surface area (Å²) in [5.41, 5.74) is 1.00. The zero-order valence-corrected chi connectivity index (χ0v) is 17.9. The van der Waals surface area contributed by atoms with Crippen molar-refractivity contribution < 1.29 is 13.7 Å². The highest BCUT2D eigenvalue weighted by molar-refractivity contribution is 6.22. The molecule has 0 unspecified atom stereocenters. The molecule has 7 aromatic carbocycles. The van der Waals surface area contributed by atoms with Gasteiger partial charge in [0.1, 0.15) is 0 Å². The highest BCUT2D eigenvalue weighted by Gasteiger charge is 2.16.